The second-order valence-electron chi connectivity index (χ2n) is 3.85. The molecule has 0 saturated heterocycles. The number of hydrogen-bond acceptors (Lipinski definition) is 3. The van der Waals surface area contributed by atoms with Crippen LogP contribution in [0.25, 0.3) is 11.0 Å². The van der Waals surface area contributed by atoms with Gasteiger partial charge >= 0.3 is 0 Å². The van der Waals surface area contributed by atoms with Crippen molar-refractivity contribution in [2.45, 2.75) is 6.92 Å². The molecule has 2 rings (SSSR count). The molecule has 0 aliphatic rings. The molecule has 0 aliphatic heterocycles. The first kappa shape index (κ1) is 12.9. The number of thiazole rings is 1. The van der Waals surface area contributed by atoms with E-state index in [9.17, 15) is 4.79 Å². The van der Waals surface area contributed by atoms with Crippen LogP contribution in [-0.2, 0) is 4.79 Å². The normalized spacial score (nSPS) is 11.2. The molecule has 0 fully saturated rings. The van der Waals surface area contributed by atoms with Crippen LogP contribution in [0, 0.1) is 0 Å². The lowest BCUT2D eigenvalue weighted by Crippen LogP contribution is -2.22. The van der Waals surface area contributed by atoms with Gasteiger partial charge in [0.2, 0.25) is 5.91 Å². The highest BCUT2D eigenvalue weighted by Crippen LogP contribution is 2.22. The summed E-state index contributed by atoms with van der Waals surface area (Å²) in [5, 5.41) is 5.02. The number of nitrogens with one attached hydrogen (secondary N) is 1. The van der Waals surface area contributed by atoms with Gasteiger partial charge in [-0.1, -0.05) is 23.8 Å². The third kappa shape index (κ3) is 2.80. The molecular weight excluding hydrogens is 270 g/mol. The average Bonchev–Trinajstić information content (AvgIpc) is 2.84. The third-order valence-electron chi connectivity index (χ3n) is 2.21. The summed E-state index contributed by atoms with van der Waals surface area (Å²) in [5.74, 6) is -0.181. The molecule has 6 heteroatoms. The number of carbonyl (C=O) groups excluding carboxylic acids is 1. The first-order chi connectivity index (χ1) is 8.58. The van der Waals surface area contributed by atoms with E-state index in [-0.39, 0.29) is 5.91 Å². The molecule has 18 heavy (non-hydrogen) atoms. The minimum absolute atomic E-state index is 0.181. The molecule has 0 atom stereocenters. The summed E-state index contributed by atoms with van der Waals surface area (Å²) in [6.07, 6.45) is 4.96. The fraction of sp³-hybridized carbons (Fsp3) is 0.167. The maximum Gasteiger partial charge on any atom is 0.244 e. The van der Waals surface area contributed by atoms with Crippen LogP contribution in [0.2, 0.25) is 5.15 Å². The van der Waals surface area contributed by atoms with Crippen molar-refractivity contribution in [3.05, 3.63) is 40.7 Å². The van der Waals surface area contributed by atoms with E-state index < -0.39 is 0 Å². The van der Waals surface area contributed by atoms with Crippen LogP contribution >= 0.6 is 22.9 Å². The molecule has 1 N–H and O–H groups in total. The Hall–Kier alpha value is -1.59. The molecule has 1 amide bonds. The molecule has 0 spiro atoms. The topological polar surface area (TPSA) is 46.4 Å². The Labute approximate surface area is 114 Å². The SMILES string of the molecule is C=C(C)CNC(=O)/C=C/c1c(Cl)nc2sccn12. The van der Waals surface area contributed by atoms with Crippen molar-refractivity contribution in [2.75, 3.05) is 6.54 Å². The van der Waals surface area contributed by atoms with E-state index >= 15 is 0 Å². The van der Waals surface area contributed by atoms with Gasteiger partial charge in [0, 0.05) is 24.2 Å². The maximum absolute atomic E-state index is 11.5. The first-order valence-electron chi connectivity index (χ1n) is 5.29. The number of rotatable bonds is 4. The Balaban J connectivity index is 2.13. The molecule has 2 aromatic heterocycles. The molecule has 0 unspecified atom stereocenters. The quantitative estimate of drug-likeness (QED) is 0.692. The zero-order valence-electron chi connectivity index (χ0n) is 9.81. The molecule has 2 heterocycles. The van der Waals surface area contributed by atoms with Gasteiger partial charge in [0.05, 0.1) is 5.69 Å². The molecule has 0 bridgehead atoms. The van der Waals surface area contributed by atoms with Gasteiger partial charge in [0.25, 0.3) is 0 Å². The van der Waals surface area contributed by atoms with Crippen LogP contribution in [0.5, 0.6) is 0 Å². The van der Waals surface area contributed by atoms with E-state index in [2.05, 4.69) is 16.9 Å². The molecular formula is C12H12ClN3OS. The lowest BCUT2D eigenvalue weighted by molar-refractivity contribution is -0.116. The van der Waals surface area contributed by atoms with E-state index in [4.69, 9.17) is 11.6 Å². The number of halogens is 1. The van der Waals surface area contributed by atoms with E-state index in [1.165, 1.54) is 17.4 Å². The summed E-state index contributed by atoms with van der Waals surface area (Å²) >= 11 is 7.49. The Bertz CT molecular complexity index is 626. The summed E-state index contributed by atoms with van der Waals surface area (Å²) in [5.41, 5.74) is 1.61. The molecule has 4 nitrogen and oxygen atoms in total. The Kier molecular flexibility index (Phi) is 3.84. The highest BCUT2D eigenvalue weighted by atomic mass is 35.5. The summed E-state index contributed by atoms with van der Waals surface area (Å²) in [4.78, 5) is 16.5. The van der Waals surface area contributed by atoms with Crippen LogP contribution < -0.4 is 5.32 Å². The van der Waals surface area contributed by atoms with Crippen molar-refractivity contribution in [1.29, 1.82) is 0 Å². The van der Waals surface area contributed by atoms with E-state index in [1.54, 1.807) is 6.08 Å². The van der Waals surface area contributed by atoms with Gasteiger partial charge in [0.1, 0.15) is 0 Å². The number of fused-ring (bicyclic) bond motifs is 1. The maximum atomic E-state index is 11.5. The van der Waals surface area contributed by atoms with E-state index in [0.717, 1.165) is 10.5 Å². The Morgan fingerprint density at radius 3 is 3.22 bits per heavy atom. The smallest absolute Gasteiger partial charge is 0.244 e. The summed E-state index contributed by atoms with van der Waals surface area (Å²) < 4.78 is 1.84. The van der Waals surface area contributed by atoms with Crippen molar-refractivity contribution < 1.29 is 4.79 Å². The van der Waals surface area contributed by atoms with Gasteiger partial charge < -0.3 is 5.32 Å². The molecule has 0 aromatic carbocycles. The van der Waals surface area contributed by atoms with Gasteiger partial charge in [-0.15, -0.1) is 11.3 Å². The lowest BCUT2D eigenvalue weighted by Gasteiger charge is -1.99. The number of nitrogens with zero attached hydrogens (tertiary/aromatic N) is 2. The standard InChI is InChI=1S/C12H12ClN3OS/c1-8(2)7-14-10(17)4-3-9-11(13)15-12-16(9)5-6-18-12/h3-6H,1,7H2,2H3,(H,14,17)/b4-3+. The van der Waals surface area contributed by atoms with Gasteiger partial charge in [-0.25, -0.2) is 4.98 Å². The number of aromatic nitrogens is 2. The van der Waals surface area contributed by atoms with Gasteiger partial charge in [0.15, 0.2) is 10.1 Å². The Morgan fingerprint density at radius 2 is 2.50 bits per heavy atom. The first-order valence-corrected chi connectivity index (χ1v) is 6.55. The van der Waals surface area contributed by atoms with Crippen molar-refractivity contribution >= 4 is 39.9 Å². The second-order valence-corrected chi connectivity index (χ2v) is 5.08. The predicted molar refractivity (Wildman–Crippen MR) is 74.9 cm³/mol. The van der Waals surface area contributed by atoms with Crippen molar-refractivity contribution in [3.63, 3.8) is 0 Å². The minimum Gasteiger partial charge on any atom is -0.349 e. The van der Waals surface area contributed by atoms with Crippen LogP contribution in [0.4, 0.5) is 0 Å². The molecule has 0 aliphatic carbocycles. The van der Waals surface area contributed by atoms with Crippen molar-refractivity contribution in [1.82, 2.24) is 14.7 Å². The number of carbonyl (C=O) groups is 1. The highest BCUT2D eigenvalue weighted by molar-refractivity contribution is 7.15. The fourth-order valence-corrected chi connectivity index (χ4v) is 2.38. The summed E-state index contributed by atoms with van der Waals surface area (Å²) in [6, 6.07) is 0. The van der Waals surface area contributed by atoms with Gasteiger partial charge in [-0.05, 0) is 13.0 Å². The zero-order chi connectivity index (χ0) is 13.1. The summed E-state index contributed by atoms with van der Waals surface area (Å²) in [7, 11) is 0. The minimum atomic E-state index is -0.181. The van der Waals surface area contributed by atoms with Crippen molar-refractivity contribution in [3.8, 4) is 0 Å². The highest BCUT2D eigenvalue weighted by Gasteiger charge is 2.08. The monoisotopic (exact) mass is 281 g/mol. The third-order valence-corrected chi connectivity index (χ3v) is 3.25. The van der Waals surface area contributed by atoms with Crippen LogP contribution in [0.1, 0.15) is 12.6 Å². The number of imidazole rings is 1. The molecule has 94 valence electrons. The van der Waals surface area contributed by atoms with Crippen LogP contribution in [-0.4, -0.2) is 21.8 Å². The molecule has 0 radical (unpaired) electrons. The van der Waals surface area contributed by atoms with E-state index in [1.807, 2.05) is 22.9 Å². The van der Waals surface area contributed by atoms with Crippen molar-refractivity contribution in [2.24, 2.45) is 0 Å². The second kappa shape index (κ2) is 5.37. The average molecular weight is 282 g/mol. The molecule has 0 saturated carbocycles. The predicted octanol–water partition coefficient (Wildman–Crippen LogP) is 2.75. The largest absolute Gasteiger partial charge is 0.349 e. The Morgan fingerprint density at radius 1 is 1.72 bits per heavy atom. The fourth-order valence-electron chi connectivity index (χ4n) is 1.38. The number of hydrogen-bond donors (Lipinski definition) is 1. The summed E-state index contributed by atoms with van der Waals surface area (Å²) in [6.45, 7) is 6.04. The molecule has 2 aromatic rings. The van der Waals surface area contributed by atoms with Crippen LogP contribution in [0.15, 0.2) is 29.8 Å². The van der Waals surface area contributed by atoms with Gasteiger partial charge in [-0.3, -0.25) is 9.20 Å². The van der Waals surface area contributed by atoms with E-state index in [0.29, 0.717) is 17.4 Å². The number of amides is 1. The van der Waals surface area contributed by atoms with Crippen LogP contribution in [0.3, 0.4) is 0 Å². The zero-order valence-corrected chi connectivity index (χ0v) is 11.4. The lowest BCUT2D eigenvalue weighted by atomic mass is 10.3. The van der Waals surface area contributed by atoms with Gasteiger partial charge in [-0.2, -0.15) is 0 Å².